The maximum atomic E-state index is 7.36. The van der Waals surface area contributed by atoms with Crippen molar-refractivity contribution in [2.75, 3.05) is 39.3 Å². The molecule has 12 heterocycles. The van der Waals surface area contributed by atoms with Gasteiger partial charge in [-0.25, -0.2) is 41.1 Å². The minimum absolute atomic E-state index is 0.0291. The maximum absolute atomic E-state index is 7.36. The zero-order valence-electron chi connectivity index (χ0n) is 95.0. The van der Waals surface area contributed by atoms with Gasteiger partial charge in [0, 0.05) is 176 Å². The Bertz CT molecular complexity index is 3940. The summed E-state index contributed by atoms with van der Waals surface area (Å²) < 4.78 is 0. The van der Waals surface area contributed by atoms with Gasteiger partial charge in [0.1, 0.15) is 23.3 Å². The molecule has 0 aromatic carbocycles. The highest BCUT2D eigenvalue weighted by Gasteiger charge is 2.50. The molecule has 0 bridgehead atoms. The van der Waals surface area contributed by atoms with Crippen LogP contribution in [0.4, 0.5) is 0 Å². The lowest BCUT2D eigenvalue weighted by Crippen LogP contribution is -2.61. The van der Waals surface area contributed by atoms with Crippen LogP contribution in [-0.4, -0.2) is 231 Å². The molecule has 32 heteroatoms. The van der Waals surface area contributed by atoms with Gasteiger partial charge in [0.25, 0.3) is 0 Å². The van der Waals surface area contributed by atoms with Crippen LogP contribution in [0, 0.1) is 23.7 Å². The van der Waals surface area contributed by atoms with E-state index in [-0.39, 0.29) is 137 Å². The summed E-state index contributed by atoms with van der Waals surface area (Å²) in [6.45, 7) is 87.3. The van der Waals surface area contributed by atoms with Crippen molar-refractivity contribution in [2.45, 2.75) is 553 Å². The molecule has 0 amide bonds. The van der Waals surface area contributed by atoms with Crippen LogP contribution in [0.1, 0.15) is 416 Å². The molecule has 0 spiro atoms. The summed E-state index contributed by atoms with van der Waals surface area (Å²) in [5, 5.41) is 84.5. The van der Waals surface area contributed by atoms with Crippen LogP contribution < -0.4 is 96.1 Å². The van der Waals surface area contributed by atoms with Crippen molar-refractivity contribution in [2.24, 2.45) is 44.1 Å². The molecule has 18 N–H and O–H groups in total. The van der Waals surface area contributed by atoms with E-state index >= 15 is 0 Å². The molecule has 8 fully saturated rings. The molecule has 12 rings (SSSR count). The Morgan fingerprint density at radius 3 is 0.657 bits per heavy atom. The van der Waals surface area contributed by atoms with E-state index in [0.29, 0.717) is 62.9 Å². The highest BCUT2D eigenvalue weighted by molar-refractivity contribution is 5.95. The van der Waals surface area contributed by atoms with E-state index in [1.807, 2.05) is 0 Å². The molecule has 0 saturated carbocycles. The first-order valence-corrected chi connectivity index (χ1v) is 55.1. The summed E-state index contributed by atoms with van der Waals surface area (Å²) in [4.78, 5) is 34.0. The summed E-state index contributed by atoms with van der Waals surface area (Å²) in [6.07, 6.45) is 32.6. The van der Waals surface area contributed by atoms with Gasteiger partial charge in [-0.15, -0.1) is 20.4 Å². The van der Waals surface area contributed by atoms with Crippen LogP contribution in [0.2, 0.25) is 0 Å². The molecule has 140 heavy (non-hydrogen) atoms. The number of hydrogen-bond acceptors (Lipinski definition) is 32. The third-order valence-electron chi connectivity index (χ3n) is 30.4. The van der Waals surface area contributed by atoms with Crippen LogP contribution in [0.3, 0.4) is 0 Å². The van der Waals surface area contributed by atoms with Crippen molar-refractivity contribution in [3.05, 3.63) is 47.6 Å². The van der Waals surface area contributed by atoms with Gasteiger partial charge in [0.2, 0.25) is 0 Å². The fourth-order valence-electron chi connectivity index (χ4n) is 28.8. The Labute approximate surface area is 849 Å². The largest absolute Gasteiger partial charge is 0.370 e. The minimum Gasteiger partial charge on any atom is -0.370 e. The van der Waals surface area contributed by atoms with Gasteiger partial charge in [-0.05, 0) is 386 Å². The predicted molar refractivity (Wildman–Crippen MR) is 575 cm³/mol. The Kier molecular flexibility index (Phi) is 35.2. The predicted octanol–water partition coefficient (Wildman–Crippen LogP) is 15.7. The molecule has 802 valence electrons. The standard InChI is InChI=1S/C108H206N28O4/c1-37-43-81(73-57-93(5,6)123-94(7,8)58-73)111-87-53-85(115-133(117-87)137-77-65-101(21,22)127-102(23,24)66-77)109-47-41-49-131(91-55-89(113-83(45-39-3)75-61-97(13,14)125-98(15,16)62-75)119-135(121-91)139-79-69-105(29,30)129-106(31,32)70-79)51-52-132(92-56-90(114-84(46-40-4)76-63-99(17,18)126-100(19,20)64-76)120-136(122-92)140-80-71-107(33,34)130-108(35,36)72-80)50-42-48-110-86-54-88(112-82(44-38-2)74-59-95(9,10)124-96(11,12)60-74)118-134(116-86)138-78-67-103(25,26)128-104(27,28)68-78/h53-56,73-84,109-110,115-116,121-130H,37-52,57-72H2,1-36H3,(H,111,117)(H,112,118)(H,113,119)(H,114,120). The van der Waals surface area contributed by atoms with Crippen molar-refractivity contribution in [1.29, 1.82) is 0 Å². The van der Waals surface area contributed by atoms with E-state index in [1.54, 1.807) is 21.1 Å². The first kappa shape index (κ1) is 113. The maximum Gasteiger partial charge on any atom is 0.154 e. The summed E-state index contributed by atoms with van der Waals surface area (Å²) in [5.41, 5.74) is 13.3. The van der Waals surface area contributed by atoms with E-state index in [9.17, 15) is 0 Å². The highest BCUT2D eigenvalue weighted by atomic mass is 16.8. The number of nitrogens with zero attached hydrogens (tertiary/aromatic N) is 10. The second-order valence-electron chi connectivity index (χ2n) is 55.7. The van der Waals surface area contributed by atoms with Gasteiger partial charge in [-0.1, -0.05) is 74.5 Å². The minimum atomic E-state index is -0.199. The lowest BCUT2D eigenvalue weighted by molar-refractivity contribution is -0.245. The molecule has 0 aromatic rings. The Balaban J connectivity index is 0.938. The second-order valence-corrected chi connectivity index (χ2v) is 55.7. The number of piperidine rings is 8. The van der Waals surface area contributed by atoms with Gasteiger partial charge < -0.3 is 84.2 Å². The van der Waals surface area contributed by atoms with Crippen molar-refractivity contribution >= 4 is 23.3 Å². The zero-order valence-corrected chi connectivity index (χ0v) is 95.0. The second kappa shape index (κ2) is 43.8. The van der Waals surface area contributed by atoms with Crippen LogP contribution >= 0.6 is 0 Å². The highest BCUT2D eigenvalue weighted by Crippen LogP contribution is 2.44. The van der Waals surface area contributed by atoms with Crippen molar-refractivity contribution < 1.29 is 19.4 Å². The number of hydrazine groups is 4. The quantitative estimate of drug-likeness (QED) is 0.0254. The number of nitrogens with one attached hydrogen (secondary N) is 18. The van der Waals surface area contributed by atoms with E-state index in [2.05, 4.69) is 379 Å². The van der Waals surface area contributed by atoms with Gasteiger partial charge in [0.15, 0.2) is 23.3 Å². The average molecular weight is 1960 g/mol. The average Bonchev–Trinajstić information content (AvgIpc) is 0.810. The van der Waals surface area contributed by atoms with Gasteiger partial charge in [-0.3, -0.25) is 0 Å². The third-order valence-corrected chi connectivity index (χ3v) is 30.4. The number of hydrazone groups is 4. The fourth-order valence-corrected chi connectivity index (χ4v) is 28.8. The third kappa shape index (κ3) is 34.3. The molecule has 4 unspecified atom stereocenters. The van der Waals surface area contributed by atoms with Gasteiger partial charge in [0.05, 0.1) is 24.4 Å². The molecule has 4 atom stereocenters. The Morgan fingerprint density at radius 2 is 0.457 bits per heavy atom. The van der Waals surface area contributed by atoms with E-state index in [4.69, 9.17) is 39.8 Å². The topological polar surface area (TPSA) is 322 Å². The first-order chi connectivity index (χ1) is 64.6. The lowest BCUT2D eigenvalue weighted by Gasteiger charge is -2.49. The van der Waals surface area contributed by atoms with E-state index in [1.165, 1.54) is 0 Å². The monoisotopic (exact) mass is 1960 g/mol. The summed E-state index contributed by atoms with van der Waals surface area (Å²) in [6, 6.07) is 0.626. The zero-order chi connectivity index (χ0) is 103. The Hall–Kier alpha value is -6.04. The Morgan fingerprint density at radius 1 is 0.271 bits per heavy atom. The molecule has 12 aliphatic heterocycles. The van der Waals surface area contributed by atoms with Crippen molar-refractivity contribution in [3.8, 4) is 0 Å². The number of rotatable bonds is 39. The summed E-state index contributed by atoms with van der Waals surface area (Å²) in [7, 11) is 0. The fraction of sp³-hybridized carbons (Fsp3) is 0.889. The molecule has 32 nitrogen and oxygen atoms in total. The summed E-state index contributed by atoms with van der Waals surface area (Å²) >= 11 is 0. The molecular formula is C108H206N28O4. The van der Waals surface area contributed by atoms with Crippen molar-refractivity contribution in [1.82, 2.24) is 127 Å². The molecule has 8 saturated heterocycles. The van der Waals surface area contributed by atoms with Crippen LogP contribution in [-0.2, 0) is 19.4 Å². The molecule has 12 aliphatic rings. The molecule has 0 aliphatic carbocycles. The van der Waals surface area contributed by atoms with Crippen molar-refractivity contribution in [3.63, 3.8) is 0 Å². The van der Waals surface area contributed by atoms with Gasteiger partial charge >= 0.3 is 0 Å². The SMILES string of the molecule is CCCC(NC1=NN(OC2CC(C)(C)NC(C)(C)C2)NC(NCCCN(CCN(CCCNC2=CC(NC(CCC)C3CC(C)(C)NC(C)(C)C3)=NN(OC3CC(C)(C)NC(C)(C)C3)N2)C2=CC(NC(CCC)C3CC(C)(C)NC(C)(C)C3)=NN(OC3CC(C)(C)NC(C)(C)C3)N2)C2=CC(NC(CCC)C3CC(C)(C)NC(C)(C)C3)=NN(OC3CC(C)(C)NC(C)(C)C3)N2)=C1)C1CC(C)(C)NC(C)(C)C1. The summed E-state index contributed by atoms with van der Waals surface area (Å²) in [5.74, 6) is 8.03. The van der Waals surface area contributed by atoms with E-state index < -0.39 is 0 Å². The lowest BCUT2D eigenvalue weighted by atomic mass is 9.72. The van der Waals surface area contributed by atoms with Crippen LogP contribution in [0.25, 0.3) is 0 Å². The van der Waals surface area contributed by atoms with Gasteiger partial charge in [-0.2, -0.15) is 0 Å². The molecule has 0 radical (unpaired) electrons. The van der Waals surface area contributed by atoms with Crippen LogP contribution in [0.5, 0.6) is 0 Å². The number of hydrogen-bond donors (Lipinski definition) is 18. The molecular weight excluding hydrogens is 1750 g/mol. The normalized spacial score (nSPS) is 27.3. The first-order valence-electron chi connectivity index (χ1n) is 55.1. The molecule has 0 aromatic heterocycles. The number of amidine groups is 4. The van der Waals surface area contributed by atoms with E-state index in [0.717, 1.165) is 214 Å². The smallest absolute Gasteiger partial charge is 0.154 e. The van der Waals surface area contributed by atoms with Crippen LogP contribution in [0.15, 0.2) is 68.0 Å².